The molecule has 0 N–H and O–H groups in total. The van der Waals surface area contributed by atoms with Gasteiger partial charge in [0.05, 0.1) is 0 Å². The van der Waals surface area contributed by atoms with Crippen LogP contribution in [-0.2, 0) is 4.79 Å². The zero-order chi connectivity index (χ0) is 8.59. The van der Waals surface area contributed by atoms with Crippen molar-refractivity contribution in [2.75, 3.05) is 14.1 Å². The van der Waals surface area contributed by atoms with Crippen LogP contribution >= 0.6 is 0 Å². The van der Waals surface area contributed by atoms with Crippen molar-refractivity contribution >= 4 is 5.91 Å². The minimum atomic E-state index is -0.620. The van der Waals surface area contributed by atoms with Gasteiger partial charge in [0.1, 0.15) is 5.92 Å². The van der Waals surface area contributed by atoms with Gasteiger partial charge in [0.2, 0.25) is 11.9 Å². The second-order valence-electron chi connectivity index (χ2n) is 2.93. The van der Waals surface area contributed by atoms with Crippen molar-refractivity contribution in [2.24, 2.45) is 5.92 Å². The van der Waals surface area contributed by atoms with E-state index in [1.807, 2.05) is 0 Å². The Labute approximate surface area is 64.1 Å². The normalized spacial score (nSPS) is 27.8. The monoisotopic (exact) mass is 158 g/mol. The minimum absolute atomic E-state index is 0.133. The largest absolute Gasteiger partial charge is 0.348 e. The van der Waals surface area contributed by atoms with Crippen LogP contribution in [0.5, 0.6) is 0 Å². The van der Waals surface area contributed by atoms with Crippen molar-refractivity contribution in [3.63, 3.8) is 0 Å². The lowest BCUT2D eigenvalue weighted by molar-refractivity contribution is -0.497. The summed E-state index contributed by atoms with van der Waals surface area (Å²) in [5.74, 6) is -0.494. The SMILES string of the molecule is CN(C)C(=O)C1CC1[N+](=O)[O-]. The Morgan fingerprint density at radius 3 is 2.45 bits per heavy atom. The van der Waals surface area contributed by atoms with E-state index in [0.29, 0.717) is 6.42 Å². The first kappa shape index (κ1) is 7.97. The lowest BCUT2D eigenvalue weighted by Crippen LogP contribution is -2.25. The summed E-state index contributed by atoms with van der Waals surface area (Å²) in [4.78, 5) is 22.2. The molecular weight excluding hydrogens is 148 g/mol. The van der Waals surface area contributed by atoms with Gasteiger partial charge >= 0.3 is 0 Å². The van der Waals surface area contributed by atoms with E-state index < -0.39 is 6.04 Å². The second-order valence-corrected chi connectivity index (χ2v) is 2.93. The average molecular weight is 158 g/mol. The first-order valence-corrected chi connectivity index (χ1v) is 3.38. The van der Waals surface area contributed by atoms with Crippen molar-refractivity contribution in [1.82, 2.24) is 4.90 Å². The third-order valence-corrected chi connectivity index (χ3v) is 1.79. The van der Waals surface area contributed by atoms with Crippen LogP contribution < -0.4 is 0 Å². The molecule has 1 fully saturated rings. The van der Waals surface area contributed by atoms with Crippen LogP contribution in [-0.4, -0.2) is 35.9 Å². The molecular formula is C6H10N2O3. The summed E-state index contributed by atoms with van der Waals surface area (Å²) in [7, 11) is 3.22. The standard InChI is InChI=1S/C6H10N2O3/c1-7(2)6(9)4-3-5(4)8(10)11/h4-5H,3H2,1-2H3. The van der Waals surface area contributed by atoms with Crippen LogP contribution in [0.3, 0.4) is 0 Å². The molecule has 1 saturated carbocycles. The Kier molecular flexibility index (Phi) is 1.80. The molecule has 0 radical (unpaired) electrons. The lowest BCUT2D eigenvalue weighted by Gasteiger charge is -2.07. The van der Waals surface area contributed by atoms with Gasteiger partial charge in [-0.05, 0) is 0 Å². The fourth-order valence-corrected chi connectivity index (χ4v) is 1.01. The molecule has 2 unspecified atom stereocenters. The van der Waals surface area contributed by atoms with Gasteiger partial charge < -0.3 is 4.90 Å². The molecule has 11 heavy (non-hydrogen) atoms. The predicted molar refractivity (Wildman–Crippen MR) is 37.6 cm³/mol. The average Bonchev–Trinajstić information content (AvgIpc) is 2.63. The summed E-state index contributed by atoms with van der Waals surface area (Å²) in [6.07, 6.45) is 0.407. The molecule has 5 heteroatoms. The molecule has 0 heterocycles. The maximum absolute atomic E-state index is 11.0. The molecule has 1 amide bonds. The first-order chi connectivity index (χ1) is 5.04. The van der Waals surface area contributed by atoms with E-state index >= 15 is 0 Å². The van der Waals surface area contributed by atoms with E-state index in [0.717, 1.165) is 0 Å². The molecule has 0 aliphatic heterocycles. The highest BCUT2D eigenvalue weighted by Gasteiger charge is 2.53. The Bertz CT molecular complexity index is 202. The van der Waals surface area contributed by atoms with Crippen LogP contribution in [0.15, 0.2) is 0 Å². The zero-order valence-corrected chi connectivity index (χ0v) is 6.48. The molecule has 0 aromatic heterocycles. The summed E-state index contributed by atoms with van der Waals surface area (Å²) < 4.78 is 0. The molecule has 62 valence electrons. The van der Waals surface area contributed by atoms with Crippen LogP contribution in [0.2, 0.25) is 0 Å². The van der Waals surface area contributed by atoms with Gasteiger partial charge in [0.15, 0.2) is 0 Å². The number of carbonyl (C=O) groups excluding carboxylic acids is 1. The maximum atomic E-state index is 11.0. The van der Waals surface area contributed by atoms with Gasteiger partial charge in [0, 0.05) is 25.4 Å². The Balaban J connectivity index is 2.44. The topological polar surface area (TPSA) is 63.5 Å². The Morgan fingerprint density at radius 2 is 2.18 bits per heavy atom. The summed E-state index contributed by atoms with van der Waals surface area (Å²) in [6.45, 7) is 0. The van der Waals surface area contributed by atoms with E-state index in [2.05, 4.69) is 0 Å². The van der Waals surface area contributed by atoms with Crippen LogP contribution in [0.1, 0.15) is 6.42 Å². The smallest absolute Gasteiger partial charge is 0.232 e. The van der Waals surface area contributed by atoms with Gasteiger partial charge in [0.25, 0.3) is 0 Å². The summed E-state index contributed by atoms with van der Waals surface area (Å²) in [6, 6.07) is -0.620. The Morgan fingerprint density at radius 1 is 1.64 bits per heavy atom. The van der Waals surface area contributed by atoms with Crippen molar-refractivity contribution in [3.8, 4) is 0 Å². The van der Waals surface area contributed by atoms with Gasteiger partial charge in [-0.15, -0.1) is 0 Å². The Hall–Kier alpha value is -1.13. The number of carbonyl (C=O) groups is 1. The quantitative estimate of drug-likeness (QED) is 0.411. The second kappa shape index (κ2) is 2.48. The number of nitrogens with zero attached hydrogens (tertiary/aromatic N) is 2. The van der Waals surface area contributed by atoms with Crippen molar-refractivity contribution in [3.05, 3.63) is 10.1 Å². The van der Waals surface area contributed by atoms with E-state index in [1.165, 1.54) is 4.90 Å². The lowest BCUT2D eigenvalue weighted by atomic mass is 10.3. The summed E-state index contributed by atoms with van der Waals surface area (Å²) in [5.41, 5.74) is 0. The molecule has 5 nitrogen and oxygen atoms in total. The highest BCUT2D eigenvalue weighted by molar-refractivity contribution is 5.81. The number of hydrogen-bond donors (Lipinski definition) is 0. The summed E-state index contributed by atoms with van der Waals surface area (Å²) in [5, 5.41) is 10.1. The fraction of sp³-hybridized carbons (Fsp3) is 0.833. The highest BCUT2D eigenvalue weighted by Crippen LogP contribution is 2.34. The molecule has 0 spiro atoms. The number of nitro groups is 1. The zero-order valence-electron chi connectivity index (χ0n) is 6.48. The van der Waals surface area contributed by atoms with E-state index in [-0.39, 0.29) is 16.7 Å². The molecule has 0 bridgehead atoms. The maximum Gasteiger partial charge on any atom is 0.232 e. The van der Waals surface area contributed by atoms with Crippen LogP contribution in [0.25, 0.3) is 0 Å². The number of hydrogen-bond acceptors (Lipinski definition) is 3. The van der Waals surface area contributed by atoms with Crippen LogP contribution in [0, 0.1) is 16.0 Å². The number of amides is 1. The molecule has 2 atom stereocenters. The van der Waals surface area contributed by atoms with Gasteiger partial charge in [-0.25, -0.2) is 0 Å². The van der Waals surface area contributed by atoms with E-state index in [4.69, 9.17) is 0 Å². The molecule has 1 aliphatic carbocycles. The third kappa shape index (κ3) is 1.47. The first-order valence-electron chi connectivity index (χ1n) is 3.38. The van der Waals surface area contributed by atoms with Gasteiger partial charge in [-0.2, -0.15) is 0 Å². The van der Waals surface area contributed by atoms with Crippen molar-refractivity contribution in [2.45, 2.75) is 12.5 Å². The predicted octanol–water partition coefficient (Wildman–Crippen LogP) is -0.260. The van der Waals surface area contributed by atoms with Crippen LogP contribution in [0.4, 0.5) is 0 Å². The minimum Gasteiger partial charge on any atom is -0.348 e. The fourth-order valence-electron chi connectivity index (χ4n) is 1.01. The van der Waals surface area contributed by atoms with E-state index in [1.54, 1.807) is 14.1 Å². The van der Waals surface area contributed by atoms with E-state index in [9.17, 15) is 14.9 Å². The highest BCUT2D eigenvalue weighted by atomic mass is 16.6. The van der Waals surface area contributed by atoms with Crippen molar-refractivity contribution in [1.29, 1.82) is 0 Å². The molecule has 0 aromatic rings. The molecule has 0 aromatic carbocycles. The number of rotatable bonds is 2. The van der Waals surface area contributed by atoms with Crippen molar-refractivity contribution < 1.29 is 9.72 Å². The van der Waals surface area contributed by atoms with Gasteiger partial charge in [-0.3, -0.25) is 14.9 Å². The molecule has 1 rings (SSSR count). The molecule has 1 aliphatic rings. The summed E-state index contributed by atoms with van der Waals surface area (Å²) >= 11 is 0. The van der Waals surface area contributed by atoms with Gasteiger partial charge in [-0.1, -0.05) is 0 Å². The third-order valence-electron chi connectivity index (χ3n) is 1.79. The molecule has 0 saturated heterocycles.